The second-order valence-corrected chi connectivity index (χ2v) is 27.4. The molecule has 103 heavy (non-hydrogen) atoms. The highest BCUT2D eigenvalue weighted by Gasteiger charge is 2.32. The molecule has 9 heteroatoms. The monoisotopic (exact) mass is 1330 g/mol. The average Bonchev–Trinajstić information content (AvgIpc) is 1.55. The Balaban J connectivity index is 0.944. The third-order valence-electron chi connectivity index (χ3n) is 20.6. The van der Waals surface area contributed by atoms with E-state index in [1.807, 2.05) is 24.3 Å². The zero-order valence-electron chi connectivity index (χ0n) is 55.1. The van der Waals surface area contributed by atoms with Crippen LogP contribution in [0.4, 0.5) is 5.69 Å². The molecule has 15 aromatic carbocycles. The predicted molar refractivity (Wildman–Crippen MR) is 426 cm³/mol. The van der Waals surface area contributed by atoms with Gasteiger partial charge in [0.2, 0.25) is 5.69 Å². The Kier molecular flexibility index (Phi) is 13.1. The molecular weight excluding hydrogens is 1280 g/mol. The summed E-state index contributed by atoms with van der Waals surface area (Å²) in [6.45, 7) is 9.92. The summed E-state index contributed by atoms with van der Waals surface area (Å²) in [5.41, 5.74) is 21.1. The maximum atomic E-state index is 9.92. The molecule has 0 amide bonds. The first-order valence-corrected chi connectivity index (χ1v) is 35.3. The summed E-state index contributed by atoms with van der Waals surface area (Å²) in [5, 5.41) is 10.0. The van der Waals surface area contributed by atoms with Gasteiger partial charge in [-0.1, -0.05) is 237 Å². The Morgan fingerprint density at radius 2 is 0.689 bits per heavy atom. The van der Waals surface area contributed by atoms with Crippen LogP contribution in [0.15, 0.2) is 336 Å². The molecular formula is C94H54N6O2S. The fourth-order valence-corrected chi connectivity index (χ4v) is 17.1. The smallest absolute Gasteiger partial charge is 0.213 e. The van der Waals surface area contributed by atoms with Gasteiger partial charge in [0.15, 0.2) is 17.5 Å². The predicted octanol–water partition coefficient (Wildman–Crippen LogP) is 26.1. The molecule has 21 aromatic rings. The van der Waals surface area contributed by atoms with E-state index in [2.05, 4.69) is 312 Å². The molecule has 0 spiro atoms. The average molecular weight is 1330 g/mol. The van der Waals surface area contributed by atoms with Gasteiger partial charge in [-0.25, -0.2) is 19.8 Å². The normalized spacial score (nSPS) is 11.9. The fraction of sp³-hybridized carbons (Fsp3) is 0. The van der Waals surface area contributed by atoms with E-state index in [1.54, 1.807) is 11.3 Å². The summed E-state index contributed by atoms with van der Waals surface area (Å²) in [5.74, 6) is 1.43. The van der Waals surface area contributed by atoms with Crippen LogP contribution < -0.4 is 0 Å². The van der Waals surface area contributed by atoms with Crippen molar-refractivity contribution in [1.82, 2.24) is 24.1 Å². The summed E-state index contributed by atoms with van der Waals surface area (Å²) in [6.07, 6.45) is 0. The van der Waals surface area contributed by atoms with Crippen molar-refractivity contribution in [2.45, 2.75) is 0 Å². The molecule has 0 aliphatic heterocycles. The topological polar surface area (TPSA) is 79.2 Å². The highest BCUT2D eigenvalue weighted by molar-refractivity contribution is 7.26. The SMILES string of the molecule is [C-]#[N+]c1cc(-c2nc(-c3ccccc3)nc(-c3cccc4sc5ccccc5c34)n2)c(-c2ccccc2)c(-n2c3ccc(-c4ccccc4)cc3c3c4oc5ccc(-c6ccccc6)cc5c4ccc32)c1-n1c2ccc(-c3ccccc3)cc2c2c3oc4ccc(-c5ccccc5)cc4c3ccc21. The highest BCUT2D eigenvalue weighted by atomic mass is 32.1. The Hall–Kier alpha value is -13.8. The van der Waals surface area contributed by atoms with E-state index in [-0.39, 0.29) is 0 Å². The molecule has 0 aliphatic rings. The van der Waals surface area contributed by atoms with Gasteiger partial charge in [-0.2, -0.15) is 0 Å². The first-order valence-electron chi connectivity index (χ1n) is 34.5. The van der Waals surface area contributed by atoms with Crippen molar-refractivity contribution < 1.29 is 8.83 Å². The molecule has 0 aliphatic carbocycles. The van der Waals surface area contributed by atoms with Gasteiger partial charge < -0.3 is 18.0 Å². The first-order chi connectivity index (χ1) is 51.0. The van der Waals surface area contributed by atoms with Crippen molar-refractivity contribution in [2.75, 3.05) is 0 Å². The van der Waals surface area contributed by atoms with Crippen LogP contribution in [0, 0.1) is 6.57 Å². The van der Waals surface area contributed by atoms with E-state index in [0.717, 1.165) is 175 Å². The molecule has 0 radical (unpaired) electrons. The lowest BCUT2D eigenvalue weighted by atomic mass is 9.93. The quantitative estimate of drug-likeness (QED) is 0.128. The fourth-order valence-electron chi connectivity index (χ4n) is 15.9. The van der Waals surface area contributed by atoms with Crippen molar-refractivity contribution in [1.29, 1.82) is 0 Å². The summed E-state index contributed by atoms with van der Waals surface area (Å²) in [7, 11) is 0. The second-order valence-electron chi connectivity index (χ2n) is 26.3. The van der Waals surface area contributed by atoms with Crippen LogP contribution in [0.1, 0.15) is 0 Å². The first kappa shape index (κ1) is 58.2. The van der Waals surface area contributed by atoms with Crippen LogP contribution in [-0.2, 0) is 0 Å². The van der Waals surface area contributed by atoms with E-state index >= 15 is 0 Å². The molecule has 0 bridgehead atoms. The Morgan fingerprint density at radius 3 is 1.19 bits per heavy atom. The Morgan fingerprint density at radius 1 is 0.282 bits per heavy atom. The molecule has 21 rings (SSSR count). The van der Waals surface area contributed by atoms with Crippen molar-refractivity contribution >= 4 is 125 Å². The van der Waals surface area contributed by atoms with Crippen molar-refractivity contribution in [3.8, 4) is 101 Å². The lowest BCUT2D eigenvalue weighted by molar-refractivity contribution is 0.672. The third-order valence-corrected chi connectivity index (χ3v) is 21.7. The van der Waals surface area contributed by atoms with Gasteiger partial charge in [-0.15, -0.1) is 11.3 Å². The van der Waals surface area contributed by atoms with Crippen molar-refractivity contribution in [3.63, 3.8) is 0 Å². The highest BCUT2D eigenvalue weighted by Crippen LogP contribution is 2.53. The zero-order valence-corrected chi connectivity index (χ0v) is 55.9. The van der Waals surface area contributed by atoms with Crippen LogP contribution in [0.5, 0.6) is 0 Å². The van der Waals surface area contributed by atoms with E-state index < -0.39 is 0 Å². The van der Waals surface area contributed by atoms with Crippen LogP contribution in [0.2, 0.25) is 0 Å². The number of rotatable bonds is 10. The molecule has 6 aromatic heterocycles. The van der Waals surface area contributed by atoms with Gasteiger partial charge in [0.05, 0.1) is 50.8 Å². The molecule has 0 saturated heterocycles. The summed E-state index contributed by atoms with van der Waals surface area (Å²) < 4.78 is 21.6. The number of thiophene rings is 1. The second kappa shape index (κ2) is 23.2. The van der Waals surface area contributed by atoms with Gasteiger partial charge in [0, 0.05) is 74.7 Å². The van der Waals surface area contributed by atoms with Crippen LogP contribution in [0.25, 0.3) is 214 Å². The van der Waals surface area contributed by atoms with Gasteiger partial charge in [0.1, 0.15) is 22.3 Å². The third kappa shape index (κ3) is 9.18. The number of aromatic nitrogens is 5. The minimum Gasteiger partial charge on any atom is -0.455 e. The molecule has 478 valence electrons. The minimum absolute atomic E-state index is 0.371. The van der Waals surface area contributed by atoms with Crippen molar-refractivity contribution in [2.24, 2.45) is 0 Å². The van der Waals surface area contributed by atoms with Gasteiger partial charge in [0.25, 0.3) is 0 Å². The van der Waals surface area contributed by atoms with E-state index in [4.69, 9.17) is 28.6 Å². The maximum absolute atomic E-state index is 9.92. The van der Waals surface area contributed by atoms with Gasteiger partial charge in [-0.05, 0) is 141 Å². The van der Waals surface area contributed by atoms with E-state index in [9.17, 15) is 6.57 Å². The van der Waals surface area contributed by atoms with Gasteiger partial charge in [-0.3, -0.25) is 0 Å². The summed E-state index contributed by atoms with van der Waals surface area (Å²) in [4.78, 5) is 21.6. The number of fused-ring (bicyclic) bond motifs is 17. The largest absolute Gasteiger partial charge is 0.455 e. The molecule has 0 fully saturated rings. The standard InChI is InChI=1S/C94H54N6O2S/c1-95-75-55-74(94-97-92(61-33-18-7-19-34-61)96-93(98-94)69-36-22-38-83-85(69)68-35-20-21-37-82(68)103-83)84(60-31-16-6-17-32-60)89(100-77-46-40-63(57-25-10-3-11-26-57)54-73(77)87-79(100)48-44-67-71-52-65(59-29-14-5-15-30-59)42-50-81(71)102-91(67)87)88(75)99-76-45-39-62(56-23-8-2-9-24-56)53-72(76)86-78(99)47-43-66-70-51-64(58-27-12-4-13-28-58)41-49-80(70)101-90(66)86/h2-55H. The zero-order chi connectivity index (χ0) is 67.8. The van der Waals surface area contributed by atoms with Gasteiger partial charge >= 0.3 is 0 Å². The molecule has 6 heterocycles. The molecule has 8 nitrogen and oxygen atoms in total. The number of hydrogen-bond acceptors (Lipinski definition) is 6. The van der Waals surface area contributed by atoms with Crippen molar-refractivity contribution in [3.05, 3.63) is 339 Å². The van der Waals surface area contributed by atoms with Crippen LogP contribution in [0.3, 0.4) is 0 Å². The Labute approximate surface area is 594 Å². The summed E-state index contributed by atoms with van der Waals surface area (Å²) >= 11 is 1.76. The lowest BCUT2D eigenvalue weighted by Gasteiger charge is -2.25. The molecule has 0 unspecified atom stereocenters. The molecule has 0 saturated carbocycles. The van der Waals surface area contributed by atoms with Crippen LogP contribution in [-0.4, -0.2) is 24.1 Å². The number of hydrogen-bond donors (Lipinski definition) is 0. The number of nitrogens with zero attached hydrogens (tertiary/aromatic N) is 6. The van der Waals surface area contributed by atoms with E-state index in [0.29, 0.717) is 34.4 Å². The Bertz CT molecular complexity index is 7090. The lowest BCUT2D eigenvalue weighted by Crippen LogP contribution is -2.09. The number of furan rings is 2. The summed E-state index contributed by atoms with van der Waals surface area (Å²) in [6, 6.07) is 115. The number of benzene rings is 15. The van der Waals surface area contributed by atoms with E-state index in [1.165, 1.54) is 4.70 Å². The molecule has 0 atom stereocenters. The molecule has 0 N–H and O–H groups in total. The minimum atomic E-state index is 0.371. The van der Waals surface area contributed by atoms with Crippen LogP contribution >= 0.6 is 11.3 Å². The maximum Gasteiger partial charge on any atom is 0.213 e.